The zero-order valence-corrected chi connectivity index (χ0v) is 12.3. The summed E-state index contributed by atoms with van der Waals surface area (Å²) in [5.74, 6) is 2.43. The second kappa shape index (κ2) is 3.86. The van der Waals surface area contributed by atoms with Gasteiger partial charge in [-0.1, -0.05) is 0 Å². The molecule has 0 saturated heterocycles. The van der Waals surface area contributed by atoms with E-state index in [9.17, 15) is 9.59 Å². The molecule has 0 unspecified atom stereocenters. The third-order valence-corrected chi connectivity index (χ3v) is 6.06. The van der Waals surface area contributed by atoms with Gasteiger partial charge in [-0.2, -0.15) is 0 Å². The van der Waals surface area contributed by atoms with E-state index in [2.05, 4.69) is 0 Å². The van der Waals surface area contributed by atoms with E-state index in [1.54, 1.807) is 18.7 Å². The highest BCUT2D eigenvalue weighted by atomic mass is 16.2. The molecule has 0 N–H and O–H groups in total. The van der Waals surface area contributed by atoms with Crippen molar-refractivity contribution in [1.29, 1.82) is 0 Å². The molecular weight excluding hydrogens is 252 g/mol. The van der Waals surface area contributed by atoms with E-state index >= 15 is 0 Å². The van der Waals surface area contributed by atoms with Crippen molar-refractivity contribution in [3.8, 4) is 0 Å². The smallest absolute Gasteiger partial charge is 0.303 e. The first-order valence-corrected chi connectivity index (χ1v) is 7.76. The summed E-state index contributed by atoms with van der Waals surface area (Å²) in [4.78, 5) is 24.5. The molecule has 108 valence electrons. The number of rotatable bonds is 1. The number of nitrogens with zero attached hydrogens (tertiary/aromatic N) is 2. The molecule has 0 amide bonds. The van der Waals surface area contributed by atoms with Crippen LogP contribution < -0.4 is 11.2 Å². The maximum Gasteiger partial charge on any atom is 0.330 e. The molecule has 4 aliphatic carbocycles. The molecule has 0 aliphatic heterocycles. The highest BCUT2D eigenvalue weighted by Crippen LogP contribution is 2.60. The summed E-state index contributed by atoms with van der Waals surface area (Å²) in [6.07, 6.45) is 9.41. The maximum atomic E-state index is 12.6. The van der Waals surface area contributed by atoms with Crippen LogP contribution in [0.25, 0.3) is 0 Å². The summed E-state index contributed by atoms with van der Waals surface area (Å²) >= 11 is 0. The Morgan fingerprint density at radius 1 is 1.00 bits per heavy atom. The van der Waals surface area contributed by atoms with Gasteiger partial charge in [-0.25, -0.2) is 4.79 Å². The lowest BCUT2D eigenvalue weighted by Gasteiger charge is -2.56. The fourth-order valence-electron chi connectivity index (χ4n) is 5.61. The van der Waals surface area contributed by atoms with Crippen LogP contribution in [0.2, 0.25) is 0 Å². The quantitative estimate of drug-likeness (QED) is 0.780. The summed E-state index contributed by atoms with van der Waals surface area (Å²) in [5, 5.41) is 0. The second-order valence-corrected chi connectivity index (χ2v) is 7.50. The van der Waals surface area contributed by atoms with Crippen LogP contribution in [0.15, 0.2) is 15.8 Å². The Morgan fingerprint density at radius 3 is 2.00 bits per heavy atom. The lowest BCUT2D eigenvalue weighted by atomic mass is 9.48. The zero-order chi connectivity index (χ0) is 14.1. The van der Waals surface area contributed by atoms with Crippen LogP contribution in [0, 0.1) is 17.8 Å². The van der Waals surface area contributed by atoms with Crippen molar-refractivity contribution in [3.05, 3.63) is 32.6 Å². The summed E-state index contributed by atoms with van der Waals surface area (Å²) < 4.78 is 2.86. The fraction of sp³-hybridized carbons (Fsp3) is 0.750. The Kier molecular flexibility index (Phi) is 2.40. The molecule has 1 aromatic rings. The predicted molar refractivity (Wildman–Crippen MR) is 76.8 cm³/mol. The van der Waals surface area contributed by atoms with E-state index in [0.29, 0.717) is 0 Å². The molecule has 4 saturated carbocycles. The predicted octanol–water partition coefficient (Wildman–Crippen LogP) is 1.55. The summed E-state index contributed by atoms with van der Waals surface area (Å²) in [6.45, 7) is 0. The van der Waals surface area contributed by atoms with Crippen LogP contribution in [-0.2, 0) is 19.5 Å². The first-order chi connectivity index (χ1) is 9.48. The van der Waals surface area contributed by atoms with Gasteiger partial charge in [0.25, 0.3) is 5.56 Å². The molecular formula is C16H22N2O2. The Hall–Kier alpha value is -1.32. The van der Waals surface area contributed by atoms with Crippen LogP contribution >= 0.6 is 0 Å². The molecule has 4 aliphatic rings. The van der Waals surface area contributed by atoms with Gasteiger partial charge >= 0.3 is 5.69 Å². The SMILES string of the molecule is Cn1cc(C23CC4CC(CC(C4)C2)C3)c(=O)n(C)c1=O. The van der Waals surface area contributed by atoms with E-state index in [1.165, 1.54) is 23.8 Å². The van der Waals surface area contributed by atoms with Gasteiger partial charge in [0.2, 0.25) is 0 Å². The Labute approximate surface area is 118 Å². The van der Waals surface area contributed by atoms with Crippen LogP contribution in [0.1, 0.15) is 44.1 Å². The molecule has 4 heteroatoms. The van der Waals surface area contributed by atoms with Gasteiger partial charge in [-0.15, -0.1) is 0 Å². The second-order valence-electron chi connectivity index (χ2n) is 7.50. The standard InChI is InChI=1S/C16H22N2O2/c1-17-9-13(14(19)18(2)15(17)20)16-6-10-3-11(7-16)5-12(4-10)8-16/h9-12H,3-8H2,1-2H3. The van der Waals surface area contributed by atoms with Crippen LogP contribution in [0.5, 0.6) is 0 Å². The van der Waals surface area contributed by atoms with E-state index < -0.39 is 0 Å². The molecule has 0 atom stereocenters. The number of aryl methyl sites for hydroxylation is 1. The molecule has 0 radical (unpaired) electrons. The molecule has 20 heavy (non-hydrogen) atoms. The van der Waals surface area contributed by atoms with E-state index in [4.69, 9.17) is 0 Å². The van der Waals surface area contributed by atoms with Gasteiger partial charge < -0.3 is 4.57 Å². The van der Waals surface area contributed by atoms with E-state index in [-0.39, 0.29) is 16.7 Å². The molecule has 0 aromatic carbocycles. The molecule has 5 rings (SSSR count). The largest absolute Gasteiger partial charge is 0.330 e. The van der Waals surface area contributed by atoms with Crippen molar-refractivity contribution >= 4 is 0 Å². The van der Waals surface area contributed by atoms with Crippen molar-refractivity contribution < 1.29 is 0 Å². The average Bonchev–Trinajstić information content (AvgIpc) is 2.39. The average molecular weight is 274 g/mol. The molecule has 4 nitrogen and oxygen atoms in total. The van der Waals surface area contributed by atoms with E-state index in [1.807, 2.05) is 6.20 Å². The lowest BCUT2D eigenvalue weighted by Crippen LogP contribution is -2.52. The summed E-state index contributed by atoms with van der Waals surface area (Å²) in [5.41, 5.74) is 0.689. The zero-order valence-electron chi connectivity index (χ0n) is 12.3. The third kappa shape index (κ3) is 1.54. The van der Waals surface area contributed by atoms with Crippen molar-refractivity contribution in [1.82, 2.24) is 9.13 Å². The van der Waals surface area contributed by atoms with Gasteiger partial charge in [-0.05, 0) is 56.3 Å². The van der Waals surface area contributed by atoms with Crippen LogP contribution in [0.4, 0.5) is 0 Å². The highest BCUT2D eigenvalue weighted by molar-refractivity contribution is 5.25. The molecule has 4 bridgehead atoms. The summed E-state index contributed by atoms with van der Waals surface area (Å²) in [7, 11) is 3.36. The number of hydrogen-bond donors (Lipinski definition) is 0. The molecule has 4 fully saturated rings. The minimum atomic E-state index is -0.219. The fourth-order valence-corrected chi connectivity index (χ4v) is 5.61. The first kappa shape index (κ1) is 12.4. The normalized spacial score (nSPS) is 38.4. The van der Waals surface area contributed by atoms with Crippen molar-refractivity contribution in [2.45, 2.75) is 43.9 Å². The van der Waals surface area contributed by atoms with Gasteiger partial charge in [0, 0.05) is 31.3 Å². The highest BCUT2D eigenvalue weighted by Gasteiger charge is 2.52. The van der Waals surface area contributed by atoms with Crippen molar-refractivity contribution in [2.24, 2.45) is 31.8 Å². The Balaban J connectivity index is 1.89. The lowest BCUT2D eigenvalue weighted by molar-refractivity contribution is -0.00638. The first-order valence-electron chi connectivity index (χ1n) is 7.76. The van der Waals surface area contributed by atoms with Gasteiger partial charge in [0.1, 0.15) is 0 Å². The molecule has 0 spiro atoms. The van der Waals surface area contributed by atoms with Crippen LogP contribution in [0.3, 0.4) is 0 Å². The number of hydrogen-bond acceptors (Lipinski definition) is 2. The monoisotopic (exact) mass is 274 g/mol. The van der Waals surface area contributed by atoms with Crippen molar-refractivity contribution in [2.75, 3.05) is 0 Å². The van der Waals surface area contributed by atoms with Crippen LogP contribution in [-0.4, -0.2) is 9.13 Å². The van der Waals surface area contributed by atoms with E-state index in [0.717, 1.165) is 42.6 Å². The minimum absolute atomic E-state index is 0.0601. The van der Waals surface area contributed by atoms with Crippen molar-refractivity contribution in [3.63, 3.8) is 0 Å². The van der Waals surface area contributed by atoms with Gasteiger partial charge in [-0.3, -0.25) is 9.36 Å². The summed E-state index contributed by atoms with van der Waals surface area (Å²) in [6, 6.07) is 0. The maximum absolute atomic E-state index is 12.6. The van der Waals surface area contributed by atoms with Gasteiger partial charge in [0.15, 0.2) is 0 Å². The topological polar surface area (TPSA) is 44.0 Å². The third-order valence-electron chi connectivity index (χ3n) is 6.06. The Morgan fingerprint density at radius 2 is 1.50 bits per heavy atom. The Bertz CT molecular complexity index is 647. The number of aromatic nitrogens is 2. The molecule has 1 aromatic heterocycles. The van der Waals surface area contributed by atoms with Gasteiger partial charge in [0.05, 0.1) is 0 Å². The minimum Gasteiger partial charge on any atom is -0.303 e. The molecule has 1 heterocycles.